The monoisotopic (exact) mass is 761 g/mol. The average Bonchev–Trinajstić information content (AvgIpc) is 3.81. The molecule has 0 saturated heterocycles. The molecule has 47 heavy (non-hydrogen) atoms. The fraction of sp³-hybridized carbons (Fsp3) is 0.407. The SMILES string of the molecule is CS(=O)(=NC#N)C1(c2ccc(C(F)(F)F)nc2)CC1.CSCc1ccc(C(F)(F)F)nc1.C[S-].FC(F)(F)c1ccc(CCl)cn1.[Na+]. The van der Waals surface area contributed by atoms with Gasteiger partial charge < -0.3 is 12.6 Å². The number of hydrogen-bond acceptors (Lipinski definition) is 8. The Kier molecular flexibility index (Phi) is 18.7. The number of alkyl halides is 10. The Balaban J connectivity index is 0.000000672. The topological polar surface area (TPSA) is 91.9 Å². The molecule has 0 aromatic carbocycles. The van der Waals surface area contributed by atoms with Crippen molar-refractivity contribution in [2.45, 2.75) is 47.8 Å². The Morgan fingerprint density at radius 2 is 1.26 bits per heavy atom. The first kappa shape index (κ1) is 45.2. The third-order valence-corrected chi connectivity index (χ3v) is 9.37. The van der Waals surface area contributed by atoms with Gasteiger partial charge in [0.2, 0.25) is 6.19 Å². The van der Waals surface area contributed by atoms with Gasteiger partial charge in [0, 0.05) is 36.5 Å². The molecule has 6 nitrogen and oxygen atoms in total. The van der Waals surface area contributed by atoms with E-state index in [9.17, 15) is 43.7 Å². The van der Waals surface area contributed by atoms with Gasteiger partial charge in [-0.05, 0) is 54.0 Å². The van der Waals surface area contributed by atoms with Crippen molar-refractivity contribution >= 4 is 45.7 Å². The molecule has 1 fully saturated rings. The van der Waals surface area contributed by atoms with Gasteiger partial charge in [-0.3, -0.25) is 15.0 Å². The van der Waals surface area contributed by atoms with Gasteiger partial charge in [-0.15, -0.1) is 16.0 Å². The molecular formula is C27H26ClF9N5NaOS3. The molecule has 0 amide bonds. The van der Waals surface area contributed by atoms with Crippen LogP contribution in [0, 0.1) is 11.5 Å². The predicted octanol–water partition coefficient (Wildman–Crippen LogP) is 5.64. The van der Waals surface area contributed by atoms with Crippen molar-refractivity contribution in [3.8, 4) is 6.19 Å². The third-order valence-electron chi connectivity index (χ3n) is 5.92. The fourth-order valence-electron chi connectivity index (χ4n) is 3.51. The smallest absolute Gasteiger partial charge is 0.796 e. The minimum Gasteiger partial charge on any atom is -0.796 e. The zero-order valence-corrected chi connectivity index (χ0v) is 30.4. The summed E-state index contributed by atoms with van der Waals surface area (Å²) in [7, 11) is -2.81. The third kappa shape index (κ3) is 13.9. The van der Waals surface area contributed by atoms with E-state index in [4.69, 9.17) is 16.9 Å². The number of thioether (sulfide) groups is 1. The van der Waals surface area contributed by atoms with Crippen LogP contribution in [0.1, 0.15) is 46.6 Å². The molecule has 0 radical (unpaired) electrons. The van der Waals surface area contributed by atoms with Gasteiger partial charge in [-0.2, -0.15) is 62.8 Å². The van der Waals surface area contributed by atoms with Crippen molar-refractivity contribution in [2.24, 2.45) is 4.36 Å². The van der Waals surface area contributed by atoms with E-state index < -0.39 is 50.1 Å². The first-order valence-electron chi connectivity index (χ1n) is 12.4. The summed E-state index contributed by atoms with van der Waals surface area (Å²) in [4.78, 5) is 9.90. The molecule has 3 heterocycles. The van der Waals surface area contributed by atoms with Crippen LogP contribution in [0.15, 0.2) is 59.4 Å². The van der Waals surface area contributed by atoms with E-state index in [1.54, 1.807) is 18.0 Å². The van der Waals surface area contributed by atoms with Crippen LogP contribution in [0.5, 0.6) is 0 Å². The Morgan fingerprint density at radius 1 is 0.851 bits per heavy atom. The summed E-state index contributed by atoms with van der Waals surface area (Å²) in [5.41, 5.74) is -0.905. The molecule has 0 N–H and O–H groups in total. The molecular weight excluding hydrogens is 736 g/mol. The zero-order chi connectivity index (χ0) is 35.4. The second-order valence-corrected chi connectivity index (χ2v) is 12.8. The molecule has 20 heteroatoms. The quantitative estimate of drug-likeness (QED) is 0.109. The minimum atomic E-state index is -4.50. The van der Waals surface area contributed by atoms with Crippen LogP contribution in [0.4, 0.5) is 39.5 Å². The maximum Gasteiger partial charge on any atom is 1.00 e. The first-order valence-corrected chi connectivity index (χ1v) is 17.1. The van der Waals surface area contributed by atoms with Crippen molar-refractivity contribution in [3.05, 3.63) is 88.8 Å². The van der Waals surface area contributed by atoms with Gasteiger partial charge in [0.05, 0.1) is 14.5 Å². The molecule has 4 rings (SSSR count). The fourth-order valence-corrected chi connectivity index (χ4v) is 5.92. The molecule has 3 aromatic heterocycles. The number of halogens is 10. The van der Waals surface area contributed by atoms with Gasteiger partial charge in [0.25, 0.3) is 0 Å². The van der Waals surface area contributed by atoms with Crippen LogP contribution < -0.4 is 29.6 Å². The van der Waals surface area contributed by atoms with Crippen LogP contribution in [0.25, 0.3) is 0 Å². The van der Waals surface area contributed by atoms with E-state index in [1.807, 2.05) is 6.26 Å². The number of aromatic nitrogens is 3. The molecule has 1 unspecified atom stereocenters. The van der Waals surface area contributed by atoms with Crippen LogP contribution >= 0.6 is 23.4 Å². The van der Waals surface area contributed by atoms with Gasteiger partial charge in [0.1, 0.15) is 17.1 Å². The van der Waals surface area contributed by atoms with E-state index in [0.717, 1.165) is 36.2 Å². The van der Waals surface area contributed by atoms with E-state index in [0.29, 0.717) is 29.7 Å². The largest absolute Gasteiger partial charge is 1.00 e. The predicted molar refractivity (Wildman–Crippen MR) is 161 cm³/mol. The van der Waals surface area contributed by atoms with E-state index in [-0.39, 0.29) is 35.4 Å². The number of nitriles is 1. The van der Waals surface area contributed by atoms with E-state index in [2.05, 4.69) is 31.9 Å². The van der Waals surface area contributed by atoms with Crippen molar-refractivity contribution in [3.63, 3.8) is 0 Å². The van der Waals surface area contributed by atoms with Gasteiger partial charge in [0.15, 0.2) is 0 Å². The summed E-state index contributed by atoms with van der Waals surface area (Å²) in [6.45, 7) is 0. The Labute approximate surface area is 303 Å². The van der Waals surface area contributed by atoms with Gasteiger partial charge in [-0.25, -0.2) is 4.21 Å². The molecule has 0 spiro atoms. The number of nitrogens with zero attached hydrogens (tertiary/aromatic N) is 5. The zero-order valence-electron chi connectivity index (χ0n) is 25.2. The van der Waals surface area contributed by atoms with Crippen LogP contribution in [-0.4, -0.2) is 37.9 Å². The van der Waals surface area contributed by atoms with Crippen molar-refractivity contribution < 1.29 is 73.3 Å². The number of rotatable bonds is 5. The van der Waals surface area contributed by atoms with Gasteiger partial charge in [-0.1, -0.05) is 18.2 Å². The number of hydrogen-bond donors (Lipinski definition) is 0. The second-order valence-electron chi connectivity index (χ2n) is 9.08. The summed E-state index contributed by atoms with van der Waals surface area (Å²) in [6.07, 6.45) is -2.36. The van der Waals surface area contributed by atoms with Crippen molar-refractivity contribution in [2.75, 3.05) is 18.8 Å². The molecule has 0 aliphatic heterocycles. The normalized spacial score (nSPS) is 14.5. The average molecular weight is 762 g/mol. The second kappa shape index (κ2) is 19.4. The summed E-state index contributed by atoms with van der Waals surface area (Å²) < 4.78 is 124. The standard InChI is InChI=1S/C11H10F3N3OS.C8H8F3NS.C7H5ClF3N.CH4S.Na/c1-19(18,17-7-15)10(4-5-10)8-2-3-9(16-6-8)11(12,13)14;1-13-5-6-2-3-7(12-4-6)8(9,10)11;8-3-5-1-2-6(12-4-5)7(9,10)11;1-2;/h2-3,6H,4-5H2,1H3;2-4H,5H2,1H3;1-2,4H,3H2;2H,1H3;/q;;;;+1/p-1. The van der Waals surface area contributed by atoms with Gasteiger partial charge >= 0.3 is 48.1 Å². The molecule has 1 atom stereocenters. The Morgan fingerprint density at radius 3 is 1.53 bits per heavy atom. The maximum atomic E-state index is 12.4. The summed E-state index contributed by atoms with van der Waals surface area (Å²) in [6, 6.07) is 6.80. The van der Waals surface area contributed by atoms with Crippen molar-refractivity contribution in [1.29, 1.82) is 5.26 Å². The maximum absolute atomic E-state index is 12.4. The molecule has 254 valence electrons. The Bertz CT molecular complexity index is 1540. The summed E-state index contributed by atoms with van der Waals surface area (Å²) >= 11 is 11.0. The minimum absolute atomic E-state index is 0. The molecule has 1 aliphatic carbocycles. The summed E-state index contributed by atoms with van der Waals surface area (Å²) in [5, 5.41) is 8.53. The van der Waals surface area contributed by atoms with Crippen LogP contribution in [0.3, 0.4) is 0 Å². The van der Waals surface area contributed by atoms with Crippen molar-refractivity contribution in [1.82, 2.24) is 15.0 Å². The summed E-state index contributed by atoms with van der Waals surface area (Å²) in [5.74, 6) is 0.857. The first-order chi connectivity index (χ1) is 21.3. The molecule has 1 aliphatic rings. The van der Waals surface area contributed by atoms with Crippen LogP contribution in [-0.2, 0) is 57.3 Å². The van der Waals surface area contributed by atoms with E-state index in [1.165, 1.54) is 36.8 Å². The molecule has 1 saturated carbocycles. The molecule has 3 aromatic rings. The van der Waals surface area contributed by atoms with Crippen LogP contribution in [0.2, 0.25) is 0 Å². The Hall–Kier alpha value is -1.75. The van der Waals surface area contributed by atoms with E-state index >= 15 is 0 Å². The number of pyridine rings is 3. The molecule has 0 bridgehead atoms.